The van der Waals surface area contributed by atoms with Crippen LogP contribution in [0.5, 0.6) is 0 Å². The Labute approximate surface area is 182 Å². The fourth-order valence-corrected chi connectivity index (χ4v) is 3.95. The van der Waals surface area contributed by atoms with E-state index in [9.17, 15) is 4.39 Å². The van der Waals surface area contributed by atoms with Crippen LogP contribution in [0.25, 0.3) is 22.5 Å². The molecule has 4 aromatic rings. The first-order chi connectivity index (χ1) is 14.3. The molecular weight excluding hydrogens is 395 g/mol. The minimum atomic E-state index is -0.257. The predicted octanol–water partition coefficient (Wildman–Crippen LogP) is 7.29. The first kappa shape index (κ1) is 20.4. The summed E-state index contributed by atoms with van der Waals surface area (Å²) in [7, 11) is 0. The molecule has 0 unspecified atom stereocenters. The van der Waals surface area contributed by atoms with Crippen LogP contribution < -0.4 is 0 Å². The summed E-state index contributed by atoms with van der Waals surface area (Å²) in [6.45, 7) is 8.78. The van der Waals surface area contributed by atoms with Crippen molar-refractivity contribution in [1.82, 2.24) is 9.78 Å². The van der Waals surface area contributed by atoms with Crippen molar-refractivity contribution in [2.75, 3.05) is 0 Å². The van der Waals surface area contributed by atoms with Crippen LogP contribution in [0.1, 0.15) is 27.8 Å². The number of nitrogens with zero attached hydrogens (tertiary/aromatic N) is 2. The van der Waals surface area contributed by atoms with Crippen molar-refractivity contribution in [2.24, 2.45) is 0 Å². The van der Waals surface area contributed by atoms with Gasteiger partial charge in [0.05, 0.1) is 17.3 Å². The van der Waals surface area contributed by atoms with Gasteiger partial charge < -0.3 is 0 Å². The van der Waals surface area contributed by atoms with Crippen LogP contribution in [0.3, 0.4) is 0 Å². The molecule has 0 spiro atoms. The number of hydrogen-bond acceptors (Lipinski definition) is 1. The monoisotopic (exact) mass is 418 g/mol. The Kier molecular flexibility index (Phi) is 5.48. The highest BCUT2D eigenvalue weighted by molar-refractivity contribution is 6.35. The number of benzene rings is 3. The highest BCUT2D eigenvalue weighted by atomic mass is 35.5. The van der Waals surface area contributed by atoms with Gasteiger partial charge in [0, 0.05) is 11.1 Å². The quantitative estimate of drug-likeness (QED) is 0.340. The van der Waals surface area contributed by atoms with Crippen molar-refractivity contribution < 1.29 is 4.39 Å². The first-order valence-corrected chi connectivity index (χ1v) is 10.4. The molecule has 0 saturated heterocycles. The van der Waals surface area contributed by atoms with E-state index in [1.807, 2.05) is 16.8 Å². The second-order valence-electron chi connectivity index (χ2n) is 7.90. The van der Waals surface area contributed by atoms with Gasteiger partial charge in [-0.1, -0.05) is 48.0 Å². The third-order valence-corrected chi connectivity index (χ3v) is 6.03. The topological polar surface area (TPSA) is 17.8 Å². The first-order valence-electron chi connectivity index (χ1n) is 9.99. The molecule has 30 heavy (non-hydrogen) atoms. The van der Waals surface area contributed by atoms with Crippen LogP contribution in [0, 0.1) is 33.5 Å². The van der Waals surface area contributed by atoms with Crippen molar-refractivity contribution in [3.63, 3.8) is 0 Å². The lowest BCUT2D eigenvalue weighted by molar-refractivity contribution is 0.620. The van der Waals surface area contributed by atoms with Crippen molar-refractivity contribution >= 4 is 11.6 Å². The molecule has 0 aliphatic rings. The third kappa shape index (κ3) is 3.90. The molecule has 152 valence electrons. The highest BCUT2D eigenvalue weighted by Crippen LogP contribution is 2.38. The van der Waals surface area contributed by atoms with Gasteiger partial charge in [-0.25, -0.2) is 4.39 Å². The van der Waals surface area contributed by atoms with E-state index in [2.05, 4.69) is 58.0 Å². The van der Waals surface area contributed by atoms with E-state index in [0.717, 1.165) is 28.1 Å². The molecule has 0 bridgehead atoms. The molecule has 0 radical (unpaired) electrons. The molecule has 1 aromatic heterocycles. The minimum Gasteiger partial charge on any atom is -0.258 e. The fourth-order valence-electron chi connectivity index (χ4n) is 3.60. The average Bonchev–Trinajstić information content (AvgIpc) is 3.02. The smallest absolute Gasteiger partial charge is 0.123 e. The summed E-state index contributed by atoms with van der Waals surface area (Å²) in [6.07, 6.45) is 0. The van der Waals surface area contributed by atoms with Crippen molar-refractivity contribution in [3.05, 3.63) is 99.3 Å². The zero-order chi connectivity index (χ0) is 21.4. The van der Waals surface area contributed by atoms with E-state index in [4.69, 9.17) is 16.7 Å². The Morgan fingerprint density at radius 3 is 2.07 bits per heavy atom. The molecule has 3 aromatic carbocycles. The number of aromatic nitrogens is 2. The SMILES string of the molecule is Cc1ccc(-c2nn(Cc3cccc(F)c3)c(-c3ccc(C)c(C)c3)c2Cl)cc1C. The van der Waals surface area contributed by atoms with E-state index in [0.29, 0.717) is 11.6 Å². The molecule has 0 atom stereocenters. The highest BCUT2D eigenvalue weighted by Gasteiger charge is 2.20. The number of aryl methyl sites for hydroxylation is 4. The molecule has 4 rings (SSSR count). The lowest BCUT2D eigenvalue weighted by Gasteiger charge is -2.10. The minimum absolute atomic E-state index is 0.257. The summed E-state index contributed by atoms with van der Waals surface area (Å²) in [5, 5.41) is 5.48. The van der Waals surface area contributed by atoms with Crippen LogP contribution >= 0.6 is 11.6 Å². The molecule has 0 amide bonds. The van der Waals surface area contributed by atoms with E-state index in [-0.39, 0.29) is 5.82 Å². The molecule has 0 aliphatic carbocycles. The second kappa shape index (κ2) is 8.08. The van der Waals surface area contributed by atoms with Gasteiger partial charge >= 0.3 is 0 Å². The molecular formula is C26H24ClFN2. The van der Waals surface area contributed by atoms with E-state index in [1.54, 1.807) is 6.07 Å². The Morgan fingerprint density at radius 1 is 0.800 bits per heavy atom. The van der Waals surface area contributed by atoms with Crippen molar-refractivity contribution in [1.29, 1.82) is 0 Å². The van der Waals surface area contributed by atoms with E-state index in [1.165, 1.54) is 34.4 Å². The molecule has 1 heterocycles. The van der Waals surface area contributed by atoms with E-state index < -0.39 is 0 Å². The summed E-state index contributed by atoms with van der Waals surface area (Å²) >= 11 is 6.92. The molecule has 0 aliphatic heterocycles. The van der Waals surface area contributed by atoms with Crippen molar-refractivity contribution in [2.45, 2.75) is 34.2 Å². The van der Waals surface area contributed by atoms with Gasteiger partial charge in [-0.3, -0.25) is 4.68 Å². The van der Waals surface area contributed by atoms with Crippen LogP contribution in [-0.2, 0) is 6.54 Å². The van der Waals surface area contributed by atoms with Crippen LogP contribution in [0.2, 0.25) is 5.02 Å². The predicted molar refractivity (Wildman–Crippen MR) is 123 cm³/mol. The largest absolute Gasteiger partial charge is 0.258 e. The van der Waals surface area contributed by atoms with Crippen LogP contribution in [0.15, 0.2) is 60.7 Å². The van der Waals surface area contributed by atoms with Crippen LogP contribution in [0.4, 0.5) is 4.39 Å². The normalized spacial score (nSPS) is 11.1. The molecule has 2 nitrogen and oxygen atoms in total. The summed E-state index contributed by atoms with van der Waals surface area (Å²) in [6, 6.07) is 19.1. The third-order valence-electron chi connectivity index (χ3n) is 5.68. The van der Waals surface area contributed by atoms with Gasteiger partial charge in [-0.15, -0.1) is 0 Å². The number of halogens is 2. The van der Waals surface area contributed by atoms with Gasteiger partial charge in [0.25, 0.3) is 0 Å². The zero-order valence-electron chi connectivity index (χ0n) is 17.6. The Balaban J connectivity index is 1.90. The van der Waals surface area contributed by atoms with Gasteiger partial charge in [0.2, 0.25) is 0 Å². The molecule has 0 saturated carbocycles. The summed E-state index contributed by atoms with van der Waals surface area (Å²) in [5.41, 5.74) is 9.23. The average molecular weight is 419 g/mol. The standard InChI is InChI=1S/C26H24ClFN2/c1-16-8-10-21(12-18(16)3)25-24(27)26(22-11-9-17(2)19(4)13-22)30(29-25)15-20-6-5-7-23(28)14-20/h5-14H,15H2,1-4H3. The maximum Gasteiger partial charge on any atom is 0.123 e. The fraction of sp³-hybridized carbons (Fsp3) is 0.192. The number of hydrogen-bond donors (Lipinski definition) is 0. The summed E-state index contributed by atoms with van der Waals surface area (Å²) < 4.78 is 15.6. The Bertz CT molecular complexity index is 1240. The van der Waals surface area contributed by atoms with Gasteiger partial charge in [-0.2, -0.15) is 5.10 Å². The van der Waals surface area contributed by atoms with Gasteiger partial charge in [0.1, 0.15) is 11.5 Å². The molecule has 0 fully saturated rings. The zero-order valence-corrected chi connectivity index (χ0v) is 18.4. The Hall–Kier alpha value is -2.91. The van der Waals surface area contributed by atoms with Gasteiger partial charge in [0.15, 0.2) is 0 Å². The van der Waals surface area contributed by atoms with E-state index >= 15 is 0 Å². The summed E-state index contributed by atoms with van der Waals surface area (Å²) in [5.74, 6) is -0.257. The Morgan fingerprint density at radius 2 is 1.43 bits per heavy atom. The lowest BCUT2D eigenvalue weighted by Crippen LogP contribution is -2.04. The maximum absolute atomic E-state index is 13.8. The van der Waals surface area contributed by atoms with Crippen molar-refractivity contribution in [3.8, 4) is 22.5 Å². The molecule has 4 heteroatoms. The van der Waals surface area contributed by atoms with Crippen LogP contribution in [-0.4, -0.2) is 9.78 Å². The molecule has 0 N–H and O–H groups in total. The summed E-state index contributed by atoms with van der Waals surface area (Å²) in [4.78, 5) is 0. The van der Waals surface area contributed by atoms with Gasteiger partial charge in [-0.05, 0) is 79.8 Å². The maximum atomic E-state index is 13.8. The number of rotatable bonds is 4. The second-order valence-corrected chi connectivity index (χ2v) is 8.27. The lowest BCUT2D eigenvalue weighted by atomic mass is 10.0.